The summed E-state index contributed by atoms with van der Waals surface area (Å²) in [4.78, 5) is 12.9. The van der Waals surface area contributed by atoms with Gasteiger partial charge in [-0.2, -0.15) is 0 Å². The Morgan fingerprint density at radius 3 is 2.48 bits per heavy atom. The number of rotatable bonds is 7. The summed E-state index contributed by atoms with van der Waals surface area (Å²) in [7, 11) is -2.99. The first-order chi connectivity index (χ1) is 11.0. The van der Waals surface area contributed by atoms with E-state index < -0.39 is 18.7 Å². The van der Waals surface area contributed by atoms with Gasteiger partial charge in [-0.3, -0.25) is 19.2 Å². The van der Waals surface area contributed by atoms with Crippen LogP contribution in [0.5, 0.6) is 0 Å². The Hall–Kier alpha value is -1.96. The van der Waals surface area contributed by atoms with E-state index in [2.05, 4.69) is 10.0 Å². The molecule has 2 aliphatic rings. The molecule has 10 nitrogen and oxygen atoms in total. The first-order valence-electron chi connectivity index (χ1n) is 7.08. The predicted octanol–water partition coefficient (Wildman–Crippen LogP) is 3.35. The smallest absolute Gasteiger partial charge is 0.298 e. The number of hydrogen-bond donors (Lipinski definition) is 0. The summed E-state index contributed by atoms with van der Waals surface area (Å²) in [5, 5.41) is 14.3. The molecule has 1 aromatic carbocycles. The number of nitro benzene ring substituents is 1. The minimum Gasteiger partial charge on any atom is -0.298 e. The van der Waals surface area contributed by atoms with Crippen molar-refractivity contribution in [3.05, 3.63) is 44.3 Å². The van der Waals surface area contributed by atoms with Gasteiger partial charge in [0, 0.05) is 37.2 Å². The van der Waals surface area contributed by atoms with Gasteiger partial charge in [0.1, 0.15) is 5.69 Å². The summed E-state index contributed by atoms with van der Waals surface area (Å²) in [6.45, 7) is 4.69. The maximum atomic E-state index is 12.9. The molecule has 0 aliphatic carbocycles. The Morgan fingerprint density at radius 1 is 1.39 bits per heavy atom. The lowest BCUT2D eigenvalue weighted by Gasteiger charge is -2.24. The Bertz CT molecular complexity index is 725. The third kappa shape index (κ3) is 3.21. The van der Waals surface area contributed by atoms with E-state index in [-0.39, 0.29) is 11.4 Å². The summed E-state index contributed by atoms with van der Waals surface area (Å²) in [5.74, 6) is 0. The van der Waals surface area contributed by atoms with Gasteiger partial charge in [-0.05, 0) is 30.2 Å². The molecule has 11 heteroatoms. The highest BCUT2D eigenvalue weighted by Crippen LogP contribution is 2.63. The van der Waals surface area contributed by atoms with Crippen LogP contribution >= 0.6 is 7.67 Å². The van der Waals surface area contributed by atoms with Crippen LogP contribution in [0.2, 0.25) is 0 Å². The summed E-state index contributed by atoms with van der Waals surface area (Å²) < 4.78 is 22.3. The first kappa shape index (κ1) is 15.9. The van der Waals surface area contributed by atoms with Gasteiger partial charge in [-0.15, -0.1) is 0 Å². The Balaban J connectivity index is 1.85. The number of benzene rings is 1. The molecule has 1 aromatic rings. The molecule has 0 spiro atoms. The summed E-state index contributed by atoms with van der Waals surface area (Å²) in [6.07, 6.45) is -0.546. The summed E-state index contributed by atoms with van der Waals surface area (Å²) in [6, 6.07) is 4.18. The molecule has 0 radical (unpaired) electrons. The minimum atomic E-state index is -2.99. The van der Waals surface area contributed by atoms with E-state index in [1.54, 1.807) is 16.3 Å². The predicted molar refractivity (Wildman–Crippen MR) is 82.2 cm³/mol. The van der Waals surface area contributed by atoms with Crippen molar-refractivity contribution in [1.82, 2.24) is 9.34 Å². The van der Waals surface area contributed by atoms with Crippen LogP contribution in [-0.2, 0) is 9.09 Å². The van der Waals surface area contributed by atoms with Crippen molar-refractivity contribution < 1.29 is 14.0 Å². The van der Waals surface area contributed by atoms with Crippen LogP contribution < -0.4 is 0 Å². The maximum absolute atomic E-state index is 12.9. The lowest BCUT2D eigenvalue weighted by Crippen LogP contribution is -2.10. The zero-order valence-electron chi connectivity index (χ0n) is 12.4. The van der Waals surface area contributed by atoms with Crippen molar-refractivity contribution in [2.45, 2.75) is 13.0 Å². The molecule has 122 valence electrons. The Kier molecular flexibility index (Phi) is 4.09. The molecule has 2 saturated heterocycles. The number of hydrogen-bond acceptors (Lipinski definition) is 5. The van der Waals surface area contributed by atoms with Crippen molar-refractivity contribution in [2.24, 2.45) is 5.11 Å². The highest BCUT2D eigenvalue weighted by atomic mass is 31.2. The quantitative estimate of drug-likeness (QED) is 0.143. The average Bonchev–Trinajstić information content (AvgIpc) is 3.40. The van der Waals surface area contributed by atoms with E-state index >= 15 is 0 Å². The third-order valence-electron chi connectivity index (χ3n) is 3.68. The fourth-order valence-electron chi connectivity index (χ4n) is 2.25. The molecule has 0 bridgehead atoms. The second-order valence-electron chi connectivity index (χ2n) is 5.34. The van der Waals surface area contributed by atoms with Crippen molar-refractivity contribution >= 4 is 19.0 Å². The molecule has 0 amide bonds. The topological polar surface area (TPSA) is 124 Å². The van der Waals surface area contributed by atoms with E-state index in [1.807, 2.05) is 0 Å². The SMILES string of the molecule is CC(OP(=O)(N1CC1)N1CC1)c1ccc([N+](=O)[O-])c(N=[N+]=[N-])c1. The zero-order chi connectivity index (χ0) is 16.6. The van der Waals surface area contributed by atoms with Gasteiger partial charge in [0.05, 0.1) is 11.0 Å². The van der Waals surface area contributed by atoms with Crippen LogP contribution in [0.25, 0.3) is 10.4 Å². The molecule has 3 rings (SSSR count). The second kappa shape index (κ2) is 5.92. The third-order valence-corrected chi connectivity index (χ3v) is 6.50. The lowest BCUT2D eigenvalue weighted by atomic mass is 10.1. The van der Waals surface area contributed by atoms with Crippen molar-refractivity contribution in [2.75, 3.05) is 26.2 Å². The maximum Gasteiger partial charge on any atom is 0.346 e. The van der Waals surface area contributed by atoms with Gasteiger partial charge in [0.2, 0.25) is 0 Å². The second-order valence-corrected chi connectivity index (χ2v) is 7.66. The van der Waals surface area contributed by atoms with Gasteiger partial charge in [0.25, 0.3) is 5.69 Å². The molecule has 0 saturated carbocycles. The molecule has 2 fully saturated rings. The molecular formula is C12H15N6O4P. The number of nitro groups is 1. The van der Waals surface area contributed by atoms with Gasteiger partial charge < -0.3 is 0 Å². The number of nitrogens with zero attached hydrogens (tertiary/aromatic N) is 6. The van der Waals surface area contributed by atoms with Crippen LogP contribution in [0.15, 0.2) is 23.3 Å². The fraction of sp³-hybridized carbons (Fsp3) is 0.500. The van der Waals surface area contributed by atoms with Gasteiger partial charge >= 0.3 is 7.67 Å². The van der Waals surface area contributed by atoms with Crippen molar-refractivity contribution in [3.63, 3.8) is 0 Å². The Labute approximate surface area is 132 Å². The molecule has 0 N–H and O–H groups in total. The fourth-order valence-corrected chi connectivity index (χ4v) is 4.60. The summed E-state index contributed by atoms with van der Waals surface area (Å²) in [5.41, 5.74) is 8.76. The van der Waals surface area contributed by atoms with Crippen molar-refractivity contribution in [3.8, 4) is 0 Å². The van der Waals surface area contributed by atoms with Crippen LogP contribution in [0, 0.1) is 10.1 Å². The zero-order valence-corrected chi connectivity index (χ0v) is 13.3. The van der Waals surface area contributed by atoms with E-state index in [4.69, 9.17) is 10.1 Å². The first-order valence-corrected chi connectivity index (χ1v) is 8.61. The molecule has 2 aliphatic heterocycles. The Morgan fingerprint density at radius 2 is 2.00 bits per heavy atom. The minimum absolute atomic E-state index is 0.0845. The van der Waals surface area contributed by atoms with Crippen LogP contribution in [0.1, 0.15) is 18.6 Å². The molecule has 2 heterocycles. The van der Waals surface area contributed by atoms with Crippen molar-refractivity contribution in [1.29, 1.82) is 0 Å². The van der Waals surface area contributed by atoms with Gasteiger partial charge in [0.15, 0.2) is 0 Å². The normalized spacial score (nSPS) is 19.0. The van der Waals surface area contributed by atoms with E-state index in [9.17, 15) is 14.7 Å². The van der Waals surface area contributed by atoms with Crippen LogP contribution in [0.4, 0.5) is 11.4 Å². The largest absolute Gasteiger partial charge is 0.346 e. The highest BCUT2D eigenvalue weighted by Gasteiger charge is 2.50. The summed E-state index contributed by atoms with van der Waals surface area (Å²) >= 11 is 0. The van der Waals surface area contributed by atoms with E-state index in [1.165, 1.54) is 18.2 Å². The molecular weight excluding hydrogens is 323 g/mol. The standard InChI is InChI=1S/C12H15N6O4P/c1-9(22-23(21,16-4-5-16)17-6-7-17)10-2-3-12(18(19)20)11(8-10)14-15-13/h2-3,8-9H,4-7H2,1H3. The van der Waals surface area contributed by atoms with E-state index in [0.29, 0.717) is 5.56 Å². The van der Waals surface area contributed by atoms with Crippen LogP contribution in [0.3, 0.4) is 0 Å². The lowest BCUT2D eigenvalue weighted by molar-refractivity contribution is -0.384. The molecule has 1 atom stereocenters. The van der Waals surface area contributed by atoms with E-state index in [0.717, 1.165) is 26.2 Å². The monoisotopic (exact) mass is 338 g/mol. The molecule has 23 heavy (non-hydrogen) atoms. The average molecular weight is 338 g/mol. The van der Waals surface area contributed by atoms with Crippen LogP contribution in [-0.4, -0.2) is 40.4 Å². The molecule has 0 aromatic heterocycles. The van der Waals surface area contributed by atoms with Gasteiger partial charge in [-0.25, -0.2) is 9.34 Å². The molecule has 1 unspecified atom stereocenters. The van der Waals surface area contributed by atoms with Gasteiger partial charge in [-0.1, -0.05) is 5.11 Å². The number of azide groups is 1. The highest BCUT2D eigenvalue weighted by molar-refractivity contribution is 7.54.